The number of nitrogens with zero attached hydrogens (tertiary/aromatic N) is 2. The number of thioether (sulfide) groups is 1. The van der Waals surface area contributed by atoms with Gasteiger partial charge in [-0.2, -0.15) is 0 Å². The van der Waals surface area contributed by atoms with Gasteiger partial charge in [-0.05, 0) is 18.5 Å². The van der Waals surface area contributed by atoms with Gasteiger partial charge in [0.2, 0.25) is 0 Å². The summed E-state index contributed by atoms with van der Waals surface area (Å²) in [6, 6.07) is 7.94. The average Bonchev–Trinajstić information content (AvgIpc) is 2.44. The topological polar surface area (TPSA) is 58.0 Å². The van der Waals surface area contributed by atoms with Crippen LogP contribution in [0.2, 0.25) is 0 Å². The number of fused-ring (bicyclic) bond motifs is 1. The highest BCUT2D eigenvalue weighted by atomic mass is 32.2. The molecule has 1 atom stereocenters. The van der Waals surface area contributed by atoms with Crippen LogP contribution in [0.5, 0.6) is 0 Å². The van der Waals surface area contributed by atoms with Gasteiger partial charge in [0.05, 0.1) is 11.6 Å². The molecule has 0 saturated heterocycles. The maximum Gasteiger partial charge on any atom is 0.117 e. The molecule has 0 fully saturated rings. The Morgan fingerprint density at radius 3 is 2.80 bits per heavy atom. The number of hydrogen-bond acceptors (Lipinski definition) is 5. The molecule has 20 heavy (non-hydrogen) atoms. The maximum atomic E-state index is 9.97. The molecule has 0 radical (unpaired) electrons. The second-order valence-corrected chi connectivity index (χ2v) is 6.22. The van der Waals surface area contributed by atoms with Crippen LogP contribution in [0.15, 0.2) is 35.6 Å². The lowest BCUT2D eigenvalue weighted by Crippen LogP contribution is -2.31. The van der Waals surface area contributed by atoms with Gasteiger partial charge < -0.3 is 10.4 Å². The zero-order valence-corrected chi connectivity index (χ0v) is 12.7. The molecule has 0 aliphatic heterocycles. The third kappa shape index (κ3) is 4.44. The lowest BCUT2D eigenvalue weighted by molar-refractivity contribution is 0.194. The van der Waals surface area contributed by atoms with E-state index < -0.39 is 0 Å². The molecule has 0 aliphatic carbocycles. The Hall–Kier alpha value is -1.17. The fourth-order valence-corrected chi connectivity index (χ4v) is 2.79. The van der Waals surface area contributed by atoms with Crippen LogP contribution in [0.3, 0.4) is 0 Å². The van der Waals surface area contributed by atoms with E-state index in [1.165, 1.54) is 0 Å². The minimum atomic E-state index is -0.368. The second kappa shape index (κ2) is 7.57. The van der Waals surface area contributed by atoms with Crippen LogP contribution in [-0.2, 0) is 0 Å². The maximum absolute atomic E-state index is 9.97. The van der Waals surface area contributed by atoms with Crippen molar-refractivity contribution in [2.45, 2.75) is 25.0 Å². The molecule has 2 aromatic rings. The molecule has 0 bridgehead atoms. The van der Waals surface area contributed by atoms with E-state index in [4.69, 9.17) is 0 Å². The summed E-state index contributed by atoms with van der Waals surface area (Å²) in [5.74, 6) is 1.23. The zero-order valence-electron chi connectivity index (χ0n) is 11.9. The van der Waals surface area contributed by atoms with E-state index in [2.05, 4.69) is 29.1 Å². The molecule has 1 unspecified atom stereocenters. The van der Waals surface area contributed by atoms with Crippen molar-refractivity contribution in [3.8, 4) is 0 Å². The molecule has 2 rings (SSSR count). The summed E-state index contributed by atoms with van der Waals surface area (Å²) in [5, 5.41) is 15.2. The number of para-hydroxylation sites is 1. The molecule has 1 aromatic carbocycles. The molecule has 0 spiro atoms. The Labute approximate surface area is 124 Å². The van der Waals surface area contributed by atoms with Crippen LogP contribution < -0.4 is 5.32 Å². The van der Waals surface area contributed by atoms with Crippen molar-refractivity contribution in [2.24, 2.45) is 5.92 Å². The monoisotopic (exact) mass is 291 g/mol. The van der Waals surface area contributed by atoms with E-state index in [0.29, 0.717) is 18.2 Å². The van der Waals surface area contributed by atoms with E-state index in [-0.39, 0.29) is 6.10 Å². The Morgan fingerprint density at radius 2 is 2.00 bits per heavy atom. The van der Waals surface area contributed by atoms with Gasteiger partial charge in [0.15, 0.2) is 0 Å². The van der Waals surface area contributed by atoms with Gasteiger partial charge in [0, 0.05) is 17.7 Å². The SMILES string of the molecule is CC(C)CNCC(O)CSc1ncnc2ccccc12. The lowest BCUT2D eigenvalue weighted by Gasteiger charge is -2.13. The third-order valence-electron chi connectivity index (χ3n) is 2.85. The van der Waals surface area contributed by atoms with E-state index in [0.717, 1.165) is 22.5 Å². The first-order valence-electron chi connectivity index (χ1n) is 6.88. The first-order valence-corrected chi connectivity index (χ1v) is 7.86. The molecule has 108 valence electrons. The Bertz CT molecular complexity index is 542. The van der Waals surface area contributed by atoms with Crippen molar-refractivity contribution in [3.05, 3.63) is 30.6 Å². The number of aromatic nitrogens is 2. The van der Waals surface area contributed by atoms with Crippen molar-refractivity contribution in [1.82, 2.24) is 15.3 Å². The summed E-state index contributed by atoms with van der Waals surface area (Å²) in [5.41, 5.74) is 0.942. The molecule has 0 aliphatic rings. The largest absolute Gasteiger partial charge is 0.391 e. The van der Waals surface area contributed by atoms with Gasteiger partial charge in [-0.25, -0.2) is 9.97 Å². The van der Waals surface area contributed by atoms with Gasteiger partial charge in [0.25, 0.3) is 0 Å². The van der Waals surface area contributed by atoms with E-state index in [1.807, 2.05) is 24.3 Å². The van der Waals surface area contributed by atoms with Crippen LogP contribution in [0.4, 0.5) is 0 Å². The van der Waals surface area contributed by atoms with Crippen molar-refractivity contribution in [3.63, 3.8) is 0 Å². The molecule has 2 N–H and O–H groups in total. The van der Waals surface area contributed by atoms with Crippen LogP contribution in [-0.4, -0.2) is 40.0 Å². The molecule has 4 nitrogen and oxygen atoms in total. The van der Waals surface area contributed by atoms with Crippen LogP contribution in [0.25, 0.3) is 10.9 Å². The highest BCUT2D eigenvalue weighted by molar-refractivity contribution is 7.99. The van der Waals surface area contributed by atoms with E-state index in [1.54, 1.807) is 18.1 Å². The van der Waals surface area contributed by atoms with Crippen molar-refractivity contribution in [2.75, 3.05) is 18.8 Å². The van der Waals surface area contributed by atoms with Crippen LogP contribution >= 0.6 is 11.8 Å². The normalized spacial score (nSPS) is 13.0. The summed E-state index contributed by atoms with van der Waals surface area (Å²) < 4.78 is 0. The van der Waals surface area contributed by atoms with Gasteiger partial charge in [0.1, 0.15) is 11.4 Å². The summed E-state index contributed by atoms with van der Waals surface area (Å²) in [4.78, 5) is 8.55. The quantitative estimate of drug-likeness (QED) is 0.605. The first-order chi connectivity index (χ1) is 9.66. The Balaban J connectivity index is 1.89. The first kappa shape index (κ1) is 15.2. The molecule has 1 aromatic heterocycles. The third-order valence-corrected chi connectivity index (χ3v) is 4.00. The summed E-state index contributed by atoms with van der Waals surface area (Å²) in [6.07, 6.45) is 1.21. The summed E-state index contributed by atoms with van der Waals surface area (Å²) in [7, 11) is 0. The predicted molar refractivity (Wildman–Crippen MR) is 84.0 cm³/mol. The average molecular weight is 291 g/mol. The molecular formula is C15H21N3OS. The Kier molecular flexibility index (Phi) is 5.76. The second-order valence-electron chi connectivity index (χ2n) is 5.21. The van der Waals surface area contributed by atoms with Gasteiger partial charge in [-0.15, -0.1) is 11.8 Å². The van der Waals surface area contributed by atoms with Crippen LogP contribution in [0, 0.1) is 5.92 Å². The van der Waals surface area contributed by atoms with E-state index in [9.17, 15) is 5.11 Å². The van der Waals surface area contributed by atoms with Crippen LogP contribution in [0.1, 0.15) is 13.8 Å². The summed E-state index contributed by atoms with van der Waals surface area (Å²) in [6.45, 7) is 5.86. The molecule has 5 heteroatoms. The highest BCUT2D eigenvalue weighted by Crippen LogP contribution is 2.24. The minimum absolute atomic E-state index is 0.368. The molecule has 0 saturated carbocycles. The highest BCUT2D eigenvalue weighted by Gasteiger charge is 2.08. The lowest BCUT2D eigenvalue weighted by atomic mass is 10.2. The molecule has 1 heterocycles. The van der Waals surface area contributed by atoms with E-state index >= 15 is 0 Å². The number of rotatable bonds is 7. The summed E-state index contributed by atoms with van der Waals surface area (Å²) >= 11 is 1.58. The van der Waals surface area contributed by atoms with Gasteiger partial charge in [-0.1, -0.05) is 32.0 Å². The number of aliphatic hydroxyl groups excluding tert-OH is 1. The number of nitrogens with one attached hydrogen (secondary N) is 1. The van der Waals surface area contributed by atoms with Gasteiger partial charge in [-0.3, -0.25) is 0 Å². The zero-order chi connectivity index (χ0) is 14.4. The predicted octanol–water partition coefficient (Wildman–Crippen LogP) is 2.33. The van der Waals surface area contributed by atoms with Gasteiger partial charge >= 0.3 is 0 Å². The number of benzene rings is 1. The smallest absolute Gasteiger partial charge is 0.117 e. The Morgan fingerprint density at radius 1 is 1.20 bits per heavy atom. The molecule has 0 amide bonds. The molecular weight excluding hydrogens is 270 g/mol. The fraction of sp³-hybridized carbons (Fsp3) is 0.467. The van der Waals surface area contributed by atoms with Crippen molar-refractivity contribution >= 4 is 22.7 Å². The minimum Gasteiger partial charge on any atom is -0.391 e. The number of aliphatic hydroxyl groups is 1. The fourth-order valence-electron chi connectivity index (χ4n) is 1.87. The number of hydrogen-bond donors (Lipinski definition) is 2. The standard InChI is InChI=1S/C15H21N3OS/c1-11(2)7-16-8-12(19)9-20-15-13-5-3-4-6-14(13)17-10-18-15/h3-6,10-12,16,19H,7-9H2,1-2H3. The van der Waals surface area contributed by atoms with Crippen molar-refractivity contribution < 1.29 is 5.11 Å². The van der Waals surface area contributed by atoms with Crippen molar-refractivity contribution in [1.29, 1.82) is 0 Å².